The summed E-state index contributed by atoms with van der Waals surface area (Å²) in [6, 6.07) is 22.6. The summed E-state index contributed by atoms with van der Waals surface area (Å²) in [6.07, 6.45) is 0. The first-order valence-electron chi connectivity index (χ1n) is 6.28. The van der Waals surface area contributed by atoms with E-state index < -0.39 is 0 Å². The molecule has 0 aliphatic rings. The van der Waals surface area contributed by atoms with Crippen LogP contribution < -0.4 is 0 Å². The number of fused-ring (bicyclic) bond motifs is 1. The van der Waals surface area contributed by atoms with Crippen LogP contribution in [-0.4, -0.2) is 0 Å². The summed E-state index contributed by atoms with van der Waals surface area (Å²) in [5, 5.41) is 11.4. The van der Waals surface area contributed by atoms with Crippen LogP contribution in [0.3, 0.4) is 0 Å². The van der Waals surface area contributed by atoms with Gasteiger partial charge >= 0.3 is 0 Å². The van der Waals surface area contributed by atoms with E-state index in [1.54, 1.807) is 0 Å². The smallest absolute Gasteiger partial charge is 0.0991 e. The monoisotopic (exact) mass is 243 g/mol. The van der Waals surface area contributed by atoms with E-state index in [1.807, 2.05) is 24.3 Å². The number of rotatable bonds is 1. The number of aryl methyl sites for hydroxylation is 1. The van der Waals surface area contributed by atoms with Crippen molar-refractivity contribution in [2.45, 2.75) is 6.92 Å². The van der Waals surface area contributed by atoms with Gasteiger partial charge in [0.2, 0.25) is 0 Å². The summed E-state index contributed by atoms with van der Waals surface area (Å²) < 4.78 is 0. The Morgan fingerprint density at radius 3 is 2.21 bits per heavy atom. The second kappa shape index (κ2) is 4.59. The fraction of sp³-hybridized carbons (Fsp3) is 0.0556. The largest absolute Gasteiger partial charge is 0.192 e. The zero-order valence-corrected chi connectivity index (χ0v) is 10.7. The van der Waals surface area contributed by atoms with Crippen molar-refractivity contribution in [2.24, 2.45) is 0 Å². The van der Waals surface area contributed by atoms with Crippen LogP contribution in [0.4, 0.5) is 0 Å². The minimum atomic E-state index is 0.695. The first-order chi connectivity index (χ1) is 9.29. The van der Waals surface area contributed by atoms with E-state index in [0.29, 0.717) is 5.56 Å². The van der Waals surface area contributed by atoms with Crippen LogP contribution in [0, 0.1) is 18.3 Å². The van der Waals surface area contributed by atoms with Crippen molar-refractivity contribution in [1.29, 1.82) is 5.26 Å². The predicted molar refractivity (Wildman–Crippen MR) is 78.8 cm³/mol. The van der Waals surface area contributed by atoms with Crippen molar-refractivity contribution < 1.29 is 0 Å². The summed E-state index contributed by atoms with van der Waals surface area (Å²) in [4.78, 5) is 0. The Morgan fingerprint density at radius 2 is 1.53 bits per heavy atom. The molecule has 3 aromatic rings. The van der Waals surface area contributed by atoms with Crippen LogP contribution >= 0.6 is 0 Å². The van der Waals surface area contributed by atoms with Crippen LogP contribution in [0.1, 0.15) is 11.1 Å². The van der Waals surface area contributed by atoms with Crippen LogP contribution in [-0.2, 0) is 0 Å². The maximum absolute atomic E-state index is 8.86. The van der Waals surface area contributed by atoms with E-state index in [1.165, 1.54) is 21.9 Å². The average molecular weight is 243 g/mol. The zero-order chi connectivity index (χ0) is 13.2. The minimum absolute atomic E-state index is 0.695. The molecule has 0 bridgehead atoms. The lowest BCUT2D eigenvalue weighted by molar-refractivity contribution is 1.48. The summed E-state index contributed by atoms with van der Waals surface area (Å²) in [5.74, 6) is 0. The Hall–Kier alpha value is -2.59. The molecule has 0 aliphatic heterocycles. The molecule has 0 atom stereocenters. The molecule has 0 heterocycles. The number of hydrogen-bond acceptors (Lipinski definition) is 1. The molecule has 3 rings (SSSR count). The first kappa shape index (κ1) is 11.5. The van der Waals surface area contributed by atoms with Crippen molar-refractivity contribution in [3.63, 3.8) is 0 Å². The fourth-order valence-corrected chi connectivity index (χ4v) is 2.49. The molecular formula is C18H13N. The van der Waals surface area contributed by atoms with E-state index in [9.17, 15) is 0 Å². The van der Waals surface area contributed by atoms with Gasteiger partial charge in [0, 0.05) is 0 Å². The third-order valence-corrected chi connectivity index (χ3v) is 3.44. The normalized spacial score (nSPS) is 10.3. The van der Waals surface area contributed by atoms with Gasteiger partial charge in [-0.15, -0.1) is 0 Å². The Kier molecular flexibility index (Phi) is 2.78. The van der Waals surface area contributed by atoms with Gasteiger partial charge in [-0.3, -0.25) is 0 Å². The third-order valence-electron chi connectivity index (χ3n) is 3.44. The molecule has 0 aliphatic carbocycles. The van der Waals surface area contributed by atoms with Gasteiger partial charge in [0.25, 0.3) is 0 Å². The van der Waals surface area contributed by atoms with Gasteiger partial charge in [0.05, 0.1) is 11.6 Å². The van der Waals surface area contributed by atoms with Gasteiger partial charge in [-0.2, -0.15) is 5.26 Å². The van der Waals surface area contributed by atoms with Gasteiger partial charge in [-0.05, 0) is 46.5 Å². The zero-order valence-electron chi connectivity index (χ0n) is 10.7. The molecule has 0 amide bonds. The van der Waals surface area contributed by atoms with Gasteiger partial charge in [-0.25, -0.2) is 0 Å². The topological polar surface area (TPSA) is 23.8 Å². The van der Waals surface area contributed by atoms with E-state index in [0.717, 1.165) is 5.56 Å². The lowest BCUT2D eigenvalue weighted by Crippen LogP contribution is -1.85. The van der Waals surface area contributed by atoms with Crippen LogP contribution in [0.5, 0.6) is 0 Å². The number of nitrogens with zero attached hydrogens (tertiary/aromatic N) is 1. The molecule has 0 saturated carbocycles. The van der Waals surface area contributed by atoms with Gasteiger partial charge in [0.1, 0.15) is 0 Å². The minimum Gasteiger partial charge on any atom is -0.192 e. The van der Waals surface area contributed by atoms with Crippen molar-refractivity contribution >= 4 is 10.8 Å². The molecule has 1 heteroatoms. The van der Waals surface area contributed by atoms with Gasteiger partial charge < -0.3 is 0 Å². The van der Waals surface area contributed by atoms with Crippen molar-refractivity contribution in [3.8, 4) is 17.2 Å². The lowest BCUT2D eigenvalue weighted by atomic mass is 9.95. The van der Waals surface area contributed by atoms with E-state index in [2.05, 4.69) is 49.4 Å². The van der Waals surface area contributed by atoms with Crippen molar-refractivity contribution in [3.05, 3.63) is 71.8 Å². The SMILES string of the molecule is Cc1cccc2cccc(-c3ccc(C#N)cc3)c12. The molecule has 0 unspecified atom stereocenters. The van der Waals surface area contributed by atoms with E-state index >= 15 is 0 Å². The number of hydrogen-bond donors (Lipinski definition) is 0. The Bertz CT molecular complexity index is 772. The molecular weight excluding hydrogens is 230 g/mol. The molecule has 1 nitrogen and oxygen atoms in total. The molecule has 19 heavy (non-hydrogen) atoms. The summed E-state index contributed by atoms with van der Waals surface area (Å²) in [6.45, 7) is 2.13. The average Bonchev–Trinajstić information content (AvgIpc) is 2.47. The molecule has 0 saturated heterocycles. The molecule has 3 aromatic carbocycles. The first-order valence-corrected chi connectivity index (χ1v) is 6.28. The van der Waals surface area contributed by atoms with E-state index in [4.69, 9.17) is 5.26 Å². The van der Waals surface area contributed by atoms with Crippen molar-refractivity contribution in [1.82, 2.24) is 0 Å². The Morgan fingerprint density at radius 1 is 0.842 bits per heavy atom. The molecule has 90 valence electrons. The van der Waals surface area contributed by atoms with Crippen LogP contribution in [0.2, 0.25) is 0 Å². The highest BCUT2D eigenvalue weighted by Gasteiger charge is 2.05. The maximum atomic E-state index is 8.86. The second-order valence-electron chi connectivity index (χ2n) is 4.67. The maximum Gasteiger partial charge on any atom is 0.0991 e. The Labute approximate surface area is 112 Å². The molecule has 0 aromatic heterocycles. The summed E-state index contributed by atoms with van der Waals surface area (Å²) in [7, 11) is 0. The molecule has 0 N–H and O–H groups in total. The highest BCUT2D eigenvalue weighted by Crippen LogP contribution is 2.30. The predicted octanol–water partition coefficient (Wildman–Crippen LogP) is 4.69. The second-order valence-corrected chi connectivity index (χ2v) is 4.67. The van der Waals surface area contributed by atoms with Crippen LogP contribution in [0.25, 0.3) is 21.9 Å². The van der Waals surface area contributed by atoms with Gasteiger partial charge in [-0.1, -0.05) is 48.5 Å². The standard InChI is InChI=1S/C18H13N/c1-13-4-2-5-16-6-3-7-17(18(13)16)15-10-8-14(12-19)9-11-15/h2-11H,1H3. The Balaban J connectivity index is 2.27. The lowest BCUT2D eigenvalue weighted by Gasteiger charge is -2.09. The molecule has 0 radical (unpaired) electrons. The quantitative estimate of drug-likeness (QED) is 0.608. The van der Waals surface area contributed by atoms with E-state index in [-0.39, 0.29) is 0 Å². The summed E-state index contributed by atoms with van der Waals surface area (Å²) in [5.41, 5.74) is 4.34. The summed E-state index contributed by atoms with van der Waals surface area (Å²) >= 11 is 0. The van der Waals surface area contributed by atoms with Gasteiger partial charge in [0.15, 0.2) is 0 Å². The van der Waals surface area contributed by atoms with Crippen molar-refractivity contribution in [2.75, 3.05) is 0 Å². The van der Waals surface area contributed by atoms with Crippen LogP contribution in [0.15, 0.2) is 60.7 Å². The molecule has 0 fully saturated rings. The molecule has 0 spiro atoms. The fourth-order valence-electron chi connectivity index (χ4n) is 2.49. The third kappa shape index (κ3) is 1.98. The number of benzene rings is 3. The highest BCUT2D eigenvalue weighted by atomic mass is 14.2. The highest BCUT2D eigenvalue weighted by molar-refractivity contribution is 5.98. The number of nitriles is 1.